The Balaban J connectivity index is 1.56. The van der Waals surface area contributed by atoms with Crippen molar-refractivity contribution >= 4 is 46.5 Å². The molecule has 0 aliphatic carbocycles. The van der Waals surface area contributed by atoms with E-state index in [-0.39, 0.29) is 11.7 Å². The molecule has 0 aliphatic rings. The molecule has 0 saturated carbocycles. The van der Waals surface area contributed by atoms with Gasteiger partial charge in [0.2, 0.25) is 0 Å². The lowest BCUT2D eigenvalue weighted by Gasteiger charge is -2.04. The first-order valence-corrected chi connectivity index (χ1v) is 9.20. The molecule has 2 aromatic carbocycles. The Kier molecular flexibility index (Phi) is 5.73. The number of H-pyrrole nitrogens is 1. The molecule has 0 radical (unpaired) electrons. The Morgan fingerprint density at radius 3 is 2.96 bits per heavy atom. The van der Waals surface area contributed by atoms with E-state index >= 15 is 0 Å². The van der Waals surface area contributed by atoms with Gasteiger partial charge in [0.1, 0.15) is 0 Å². The minimum absolute atomic E-state index is 0.202. The Morgan fingerprint density at radius 1 is 1.32 bits per heavy atom. The number of hydrogen-bond acceptors (Lipinski definition) is 4. The first-order chi connectivity index (χ1) is 12.2. The van der Waals surface area contributed by atoms with E-state index in [1.54, 1.807) is 12.3 Å². The Morgan fingerprint density at radius 2 is 2.16 bits per heavy atom. The van der Waals surface area contributed by atoms with Gasteiger partial charge in [0.25, 0.3) is 5.91 Å². The lowest BCUT2D eigenvalue weighted by Crippen LogP contribution is -2.19. The SMILES string of the molecule is CCc1cccc(Cl)c1/C=N/NC(=O)CSc1nc2ccccc2[nH]1. The molecule has 0 bridgehead atoms. The van der Waals surface area contributed by atoms with Crippen molar-refractivity contribution < 1.29 is 4.79 Å². The highest BCUT2D eigenvalue weighted by atomic mass is 35.5. The molecule has 0 aliphatic heterocycles. The largest absolute Gasteiger partial charge is 0.333 e. The van der Waals surface area contributed by atoms with Crippen LogP contribution in [-0.2, 0) is 11.2 Å². The molecule has 0 spiro atoms. The normalized spacial score (nSPS) is 11.3. The second-order valence-electron chi connectivity index (χ2n) is 5.31. The molecular weight excluding hydrogens is 356 g/mol. The summed E-state index contributed by atoms with van der Waals surface area (Å²) < 4.78 is 0. The second kappa shape index (κ2) is 8.18. The minimum Gasteiger partial charge on any atom is -0.333 e. The van der Waals surface area contributed by atoms with Gasteiger partial charge in [-0.1, -0.05) is 54.6 Å². The third-order valence-corrected chi connectivity index (χ3v) is 4.82. The molecule has 128 valence electrons. The highest BCUT2D eigenvalue weighted by Crippen LogP contribution is 2.19. The smallest absolute Gasteiger partial charge is 0.250 e. The van der Waals surface area contributed by atoms with E-state index < -0.39 is 0 Å². The molecule has 7 heteroatoms. The maximum Gasteiger partial charge on any atom is 0.250 e. The summed E-state index contributed by atoms with van der Waals surface area (Å²) in [6.45, 7) is 2.05. The number of hydrazone groups is 1. The number of carbonyl (C=O) groups is 1. The Bertz CT molecular complexity index is 889. The maximum absolute atomic E-state index is 11.9. The number of aromatic nitrogens is 2. The van der Waals surface area contributed by atoms with Crippen molar-refractivity contribution in [2.24, 2.45) is 5.10 Å². The highest BCUT2D eigenvalue weighted by Gasteiger charge is 2.07. The van der Waals surface area contributed by atoms with Crippen molar-refractivity contribution in [1.82, 2.24) is 15.4 Å². The van der Waals surface area contributed by atoms with Crippen molar-refractivity contribution in [2.45, 2.75) is 18.5 Å². The fourth-order valence-electron chi connectivity index (χ4n) is 2.37. The molecule has 5 nitrogen and oxygen atoms in total. The summed E-state index contributed by atoms with van der Waals surface area (Å²) in [4.78, 5) is 19.5. The zero-order chi connectivity index (χ0) is 17.6. The molecule has 2 N–H and O–H groups in total. The van der Waals surface area contributed by atoms with Gasteiger partial charge in [-0.25, -0.2) is 10.4 Å². The number of aryl methyl sites for hydroxylation is 1. The van der Waals surface area contributed by atoms with E-state index in [1.165, 1.54) is 11.8 Å². The number of imidazole rings is 1. The molecule has 3 rings (SSSR count). The number of benzene rings is 2. The number of carbonyl (C=O) groups excluding carboxylic acids is 1. The number of rotatable bonds is 6. The number of amides is 1. The fraction of sp³-hybridized carbons (Fsp3) is 0.167. The van der Waals surface area contributed by atoms with Gasteiger partial charge in [-0.05, 0) is 30.2 Å². The van der Waals surface area contributed by atoms with Crippen LogP contribution in [0.15, 0.2) is 52.7 Å². The van der Waals surface area contributed by atoms with Crippen molar-refractivity contribution in [3.05, 3.63) is 58.6 Å². The molecule has 1 heterocycles. The molecule has 1 aromatic heterocycles. The number of aromatic amines is 1. The summed E-state index contributed by atoms with van der Waals surface area (Å²) >= 11 is 7.52. The zero-order valence-corrected chi connectivity index (χ0v) is 15.2. The number of para-hydroxylation sites is 2. The highest BCUT2D eigenvalue weighted by molar-refractivity contribution is 7.99. The van der Waals surface area contributed by atoms with Crippen molar-refractivity contribution in [2.75, 3.05) is 5.75 Å². The lowest BCUT2D eigenvalue weighted by molar-refractivity contribution is -0.118. The number of fused-ring (bicyclic) bond motifs is 1. The molecule has 1 amide bonds. The molecule has 25 heavy (non-hydrogen) atoms. The van der Waals surface area contributed by atoms with Gasteiger partial charge >= 0.3 is 0 Å². The Hall–Kier alpha value is -2.31. The van der Waals surface area contributed by atoms with Crippen LogP contribution in [-0.4, -0.2) is 27.8 Å². The van der Waals surface area contributed by atoms with Crippen LogP contribution >= 0.6 is 23.4 Å². The first kappa shape index (κ1) is 17.5. The van der Waals surface area contributed by atoms with Crippen LogP contribution in [0.2, 0.25) is 5.02 Å². The summed E-state index contributed by atoms with van der Waals surface area (Å²) in [6.07, 6.45) is 2.43. The molecule has 0 unspecified atom stereocenters. The van der Waals surface area contributed by atoms with Crippen molar-refractivity contribution in [1.29, 1.82) is 0 Å². The third kappa shape index (κ3) is 4.41. The predicted octanol–water partition coefficient (Wildman–Crippen LogP) is 4.02. The van der Waals surface area contributed by atoms with Gasteiger partial charge < -0.3 is 4.98 Å². The molecule has 3 aromatic rings. The number of halogens is 1. The van der Waals surface area contributed by atoms with Crippen molar-refractivity contribution in [3.8, 4) is 0 Å². The quantitative estimate of drug-likeness (QED) is 0.390. The molecular formula is C18H17ClN4OS. The van der Waals surface area contributed by atoms with Crippen LogP contribution in [0, 0.1) is 0 Å². The monoisotopic (exact) mass is 372 g/mol. The van der Waals surface area contributed by atoms with E-state index in [9.17, 15) is 4.79 Å². The van der Waals surface area contributed by atoms with Crippen molar-refractivity contribution in [3.63, 3.8) is 0 Å². The van der Waals surface area contributed by atoms with Gasteiger partial charge in [0.05, 0.1) is 23.0 Å². The number of nitrogens with one attached hydrogen (secondary N) is 2. The van der Waals surface area contributed by atoms with E-state index in [0.29, 0.717) is 10.2 Å². The van der Waals surface area contributed by atoms with E-state index in [1.807, 2.05) is 43.3 Å². The number of thioether (sulfide) groups is 1. The molecule has 0 atom stereocenters. The zero-order valence-electron chi connectivity index (χ0n) is 13.6. The van der Waals surface area contributed by atoms with Crippen LogP contribution in [0.25, 0.3) is 11.0 Å². The first-order valence-electron chi connectivity index (χ1n) is 7.84. The van der Waals surface area contributed by atoms with E-state index in [4.69, 9.17) is 11.6 Å². The summed E-state index contributed by atoms with van der Waals surface area (Å²) in [7, 11) is 0. The Labute approximate surface area is 154 Å². The van der Waals surface area contributed by atoms with Gasteiger partial charge in [0, 0.05) is 10.6 Å². The number of hydrogen-bond donors (Lipinski definition) is 2. The summed E-state index contributed by atoms with van der Waals surface area (Å²) in [5.74, 6) is 0.0205. The van der Waals surface area contributed by atoms with Crippen LogP contribution in [0.4, 0.5) is 0 Å². The van der Waals surface area contributed by atoms with Crippen LogP contribution in [0.3, 0.4) is 0 Å². The lowest BCUT2D eigenvalue weighted by atomic mass is 10.1. The third-order valence-electron chi connectivity index (χ3n) is 3.61. The summed E-state index contributed by atoms with van der Waals surface area (Å²) in [5.41, 5.74) is 6.28. The van der Waals surface area contributed by atoms with Crippen LogP contribution in [0.5, 0.6) is 0 Å². The van der Waals surface area contributed by atoms with Crippen LogP contribution in [0.1, 0.15) is 18.1 Å². The summed E-state index contributed by atoms with van der Waals surface area (Å²) in [5, 5.41) is 5.34. The van der Waals surface area contributed by atoms with Gasteiger partial charge in [-0.15, -0.1) is 0 Å². The van der Waals surface area contributed by atoms with Crippen LogP contribution < -0.4 is 5.43 Å². The second-order valence-corrected chi connectivity index (χ2v) is 6.68. The van der Waals surface area contributed by atoms with E-state index in [2.05, 4.69) is 20.5 Å². The fourth-order valence-corrected chi connectivity index (χ4v) is 3.29. The average Bonchev–Trinajstić information content (AvgIpc) is 3.04. The summed E-state index contributed by atoms with van der Waals surface area (Å²) in [6, 6.07) is 13.4. The minimum atomic E-state index is -0.202. The molecule has 0 fully saturated rings. The average molecular weight is 373 g/mol. The maximum atomic E-state index is 11.9. The number of nitrogens with zero attached hydrogens (tertiary/aromatic N) is 2. The predicted molar refractivity (Wildman–Crippen MR) is 103 cm³/mol. The molecule has 0 saturated heterocycles. The van der Waals surface area contributed by atoms with E-state index in [0.717, 1.165) is 28.6 Å². The van der Waals surface area contributed by atoms with Gasteiger partial charge in [-0.3, -0.25) is 4.79 Å². The topological polar surface area (TPSA) is 70.1 Å². The standard InChI is InChI=1S/C18H17ClN4OS/c1-2-12-6-5-7-14(19)13(12)10-20-23-17(24)11-25-18-21-15-8-3-4-9-16(15)22-18/h3-10H,2,11H2,1H3,(H,21,22)(H,23,24)/b20-10+. The van der Waals surface area contributed by atoms with Gasteiger partial charge in [-0.2, -0.15) is 5.10 Å². The van der Waals surface area contributed by atoms with Gasteiger partial charge in [0.15, 0.2) is 5.16 Å².